The van der Waals surface area contributed by atoms with Crippen LogP contribution in [0.3, 0.4) is 0 Å². The molecule has 0 bridgehead atoms. The molecule has 1 aliphatic heterocycles. The molecule has 0 saturated carbocycles. The van der Waals surface area contributed by atoms with Gasteiger partial charge in [-0.25, -0.2) is 8.42 Å². The molecule has 27 heavy (non-hydrogen) atoms. The zero-order valence-corrected chi connectivity index (χ0v) is 16.9. The van der Waals surface area contributed by atoms with E-state index in [1.807, 2.05) is 32.0 Å². The number of amides is 1. The van der Waals surface area contributed by atoms with E-state index < -0.39 is 9.84 Å². The Morgan fingerprint density at radius 2 is 2.11 bits per heavy atom. The monoisotopic (exact) mass is 391 g/mol. The highest BCUT2D eigenvalue weighted by atomic mass is 32.2. The van der Waals surface area contributed by atoms with E-state index in [-0.39, 0.29) is 23.5 Å². The molecule has 0 radical (unpaired) electrons. The Bertz CT molecular complexity index is 965. The van der Waals surface area contributed by atoms with Crippen molar-refractivity contribution in [3.05, 3.63) is 35.5 Å². The average molecular weight is 391 g/mol. The van der Waals surface area contributed by atoms with Crippen LogP contribution < -0.4 is 4.74 Å². The molecule has 0 N–H and O–H groups in total. The Balaban J connectivity index is 1.94. The maximum absolute atomic E-state index is 13.0. The second kappa shape index (κ2) is 7.34. The van der Waals surface area contributed by atoms with Gasteiger partial charge < -0.3 is 9.64 Å². The van der Waals surface area contributed by atoms with Gasteiger partial charge in [0.2, 0.25) is 0 Å². The van der Waals surface area contributed by atoms with E-state index in [9.17, 15) is 13.2 Å². The van der Waals surface area contributed by atoms with Gasteiger partial charge in [-0.3, -0.25) is 9.48 Å². The lowest BCUT2D eigenvalue weighted by Crippen LogP contribution is -2.41. The summed E-state index contributed by atoms with van der Waals surface area (Å²) in [5.74, 6) is 0.623. The standard InChI is InChI=1S/C19H25N3O4S/c1-5-22(14-8-9-27(24,25)12-14)19(23)16-11-17(21(3)20-16)15-10-13(2)6-7-18(15)26-4/h6-7,10-11,14H,5,8-9,12H2,1-4H3. The van der Waals surface area contributed by atoms with Gasteiger partial charge in [-0.1, -0.05) is 11.6 Å². The first-order chi connectivity index (χ1) is 12.8. The molecule has 1 aliphatic rings. The maximum Gasteiger partial charge on any atom is 0.274 e. The van der Waals surface area contributed by atoms with Crippen LogP contribution in [0.25, 0.3) is 11.3 Å². The van der Waals surface area contributed by atoms with Crippen molar-refractivity contribution in [2.45, 2.75) is 26.3 Å². The third-order valence-electron chi connectivity index (χ3n) is 4.98. The maximum atomic E-state index is 13.0. The van der Waals surface area contributed by atoms with E-state index in [1.54, 1.807) is 29.8 Å². The number of hydrogen-bond acceptors (Lipinski definition) is 5. The Hall–Kier alpha value is -2.35. The van der Waals surface area contributed by atoms with Crippen molar-refractivity contribution in [3.8, 4) is 17.0 Å². The van der Waals surface area contributed by atoms with Crippen LogP contribution in [-0.2, 0) is 16.9 Å². The molecule has 1 aromatic carbocycles. The van der Waals surface area contributed by atoms with Gasteiger partial charge in [-0.05, 0) is 38.5 Å². The number of methoxy groups -OCH3 is 1. The van der Waals surface area contributed by atoms with Gasteiger partial charge in [0.15, 0.2) is 15.5 Å². The number of sulfone groups is 1. The minimum absolute atomic E-state index is 0.0258. The molecule has 0 spiro atoms. The van der Waals surface area contributed by atoms with Crippen molar-refractivity contribution in [2.24, 2.45) is 7.05 Å². The second-order valence-corrected chi connectivity index (χ2v) is 9.12. The summed E-state index contributed by atoms with van der Waals surface area (Å²) in [6.45, 7) is 4.29. The molecule has 1 aromatic heterocycles. The Morgan fingerprint density at radius 1 is 1.37 bits per heavy atom. The van der Waals surface area contributed by atoms with Crippen LogP contribution in [-0.4, -0.2) is 60.2 Å². The lowest BCUT2D eigenvalue weighted by molar-refractivity contribution is 0.0701. The van der Waals surface area contributed by atoms with Crippen molar-refractivity contribution >= 4 is 15.7 Å². The molecule has 1 unspecified atom stereocenters. The highest BCUT2D eigenvalue weighted by molar-refractivity contribution is 7.91. The van der Waals surface area contributed by atoms with Crippen molar-refractivity contribution < 1.29 is 17.9 Å². The number of carbonyl (C=O) groups excluding carboxylic acids is 1. The molecule has 7 nitrogen and oxygen atoms in total. The number of aryl methyl sites for hydroxylation is 2. The molecule has 3 rings (SSSR count). The first-order valence-electron chi connectivity index (χ1n) is 8.96. The van der Waals surface area contributed by atoms with Crippen molar-refractivity contribution in [2.75, 3.05) is 25.2 Å². The van der Waals surface area contributed by atoms with Crippen LogP contribution in [0.1, 0.15) is 29.4 Å². The van der Waals surface area contributed by atoms with Crippen LogP contribution in [0, 0.1) is 6.92 Å². The van der Waals surface area contributed by atoms with Gasteiger partial charge in [0, 0.05) is 25.2 Å². The SMILES string of the molecule is CCN(C(=O)c1cc(-c2cc(C)ccc2OC)n(C)n1)C1CCS(=O)(=O)C1. The molecule has 2 aromatic rings. The summed E-state index contributed by atoms with van der Waals surface area (Å²) in [5, 5.41) is 4.39. The predicted molar refractivity (Wildman–Crippen MR) is 104 cm³/mol. The molecule has 1 amide bonds. The van der Waals surface area contributed by atoms with Crippen molar-refractivity contribution in [1.82, 2.24) is 14.7 Å². The van der Waals surface area contributed by atoms with Crippen LogP contribution >= 0.6 is 0 Å². The predicted octanol–water partition coefficient (Wildman–Crippen LogP) is 2.05. The summed E-state index contributed by atoms with van der Waals surface area (Å²) in [7, 11) is 0.327. The van der Waals surface area contributed by atoms with Crippen LogP contribution in [0.5, 0.6) is 5.75 Å². The van der Waals surface area contributed by atoms with E-state index in [1.165, 1.54) is 0 Å². The highest BCUT2D eigenvalue weighted by Crippen LogP contribution is 2.31. The Morgan fingerprint density at radius 3 is 2.70 bits per heavy atom. The molecular formula is C19H25N3O4S. The van der Waals surface area contributed by atoms with Gasteiger partial charge in [0.25, 0.3) is 5.91 Å². The topological polar surface area (TPSA) is 81.5 Å². The van der Waals surface area contributed by atoms with Gasteiger partial charge in [-0.15, -0.1) is 0 Å². The number of ether oxygens (including phenoxy) is 1. The number of nitrogens with zero attached hydrogens (tertiary/aromatic N) is 3. The van der Waals surface area contributed by atoms with Crippen LogP contribution in [0.15, 0.2) is 24.3 Å². The molecule has 2 heterocycles. The molecule has 1 atom stereocenters. The Kier molecular flexibility index (Phi) is 5.28. The third-order valence-corrected chi connectivity index (χ3v) is 6.73. The van der Waals surface area contributed by atoms with E-state index in [4.69, 9.17) is 4.74 Å². The zero-order chi connectivity index (χ0) is 19.8. The van der Waals surface area contributed by atoms with Gasteiger partial charge in [-0.2, -0.15) is 5.10 Å². The average Bonchev–Trinajstić information content (AvgIpc) is 3.18. The summed E-state index contributed by atoms with van der Waals surface area (Å²) >= 11 is 0. The minimum atomic E-state index is -3.06. The minimum Gasteiger partial charge on any atom is -0.496 e. The number of carbonyl (C=O) groups is 1. The summed E-state index contributed by atoms with van der Waals surface area (Å²) in [4.78, 5) is 14.6. The fourth-order valence-corrected chi connectivity index (χ4v) is 5.31. The number of hydrogen-bond donors (Lipinski definition) is 0. The highest BCUT2D eigenvalue weighted by Gasteiger charge is 2.35. The summed E-state index contributed by atoms with van der Waals surface area (Å²) in [6.07, 6.45) is 0.479. The van der Waals surface area contributed by atoms with E-state index in [0.717, 1.165) is 16.8 Å². The normalized spacial score (nSPS) is 18.4. The first-order valence-corrected chi connectivity index (χ1v) is 10.8. The molecular weight excluding hydrogens is 366 g/mol. The fraction of sp³-hybridized carbons (Fsp3) is 0.474. The van der Waals surface area contributed by atoms with Gasteiger partial charge in [0.1, 0.15) is 5.75 Å². The largest absolute Gasteiger partial charge is 0.496 e. The second-order valence-electron chi connectivity index (χ2n) is 6.89. The van der Waals surface area contributed by atoms with Gasteiger partial charge in [0.05, 0.1) is 24.3 Å². The smallest absolute Gasteiger partial charge is 0.274 e. The number of aromatic nitrogens is 2. The summed E-state index contributed by atoms with van der Waals surface area (Å²) in [6, 6.07) is 7.30. The van der Waals surface area contributed by atoms with Crippen molar-refractivity contribution in [3.63, 3.8) is 0 Å². The first kappa shape index (κ1) is 19.4. The van der Waals surface area contributed by atoms with E-state index in [0.29, 0.717) is 24.4 Å². The van der Waals surface area contributed by atoms with Gasteiger partial charge >= 0.3 is 0 Å². The van der Waals surface area contributed by atoms with E-state index >= 15 is 0 Å². The lowest BCUT2D eigenvalue weighted by atomic mass is 10.1. The molecule has 146 valence electrons. The van der Waals surface area contributed by atoms with Crippen LogP contribution in [0.4, 0.5) is 0 Å². The van der Waals surface area contributed by atoms with E-state index in [2.05, 4.69) is 5.10 Å². The molecule has 1 fully saturated rings. The third kappa shape index (κ3) is 3.85. The summed E-state index contributed by atoms with van der Waals surface area (Å²) in [5.41, 5.74) is 3.01. The molecule has 0 aliphatic carbocycles. The van der Waals surface area contributed by atoms with Crippen LogP contribution in [0.2, 0.25) is 0 Å². The Labute approximate surface area is 159 Å². The fourth-order valence-electron chi connectivity index (χ4n) is 3.58. The van der Waals surface area contributed by atoms with Crippen molar-refractivity contribution in [1.29, 1.82) is 0 Å². The molecule has 1 saturated heterocycles. The molecule has 8 heteroatoms. The lowest BCUT2D eigenvalue weighted by Gasteiger charge is -2.25. The quantitative estimate of drug-likeness (QED) is 0.779. The zero-order valence-electron chi connectivity index (χ0n) is 16.1. The summed E-state index contributed by atoms with van der Waals surface area (Å²) < 4.78 is 30.7. The number of rotatable bonds is 5. The number of benzene rings is 1.